The molecule has 0 fully saturated rings. The van der Waals surface area contributed by atoms with Crippen molar-refractivity contribution < 1.29 is 29.7 Å². The Balaban J connectivity index is 0.000000518. The zero-order valence-corrected chi connectivity index (χ0v) is 25.4. The van der Waals surface area contributed by atoms with E-state index in [1.54, 1.807) is 41.5 Å². The summed E-state index contributed by atoms with van der Waals surface area (Å²) < 4.78 is 0. The largest absolute Gasteiger partial charge is 3.00 e. The minimum Gasteiger partial charge on any atom is -0.545 e. The molecule has 0 heterocycles. The minimum absolute atomic E-state index is 0. The first-order valence-electron chi connectivity index (χ1n) is 11.4. The van der Waals surface area contributed by atoms with Gasteiger partial charge in [-0.3, -0.25) is 0 Å². The number of carboxylic acids is 3. The van der Waals surface area contributed by atoms with Crippen molar-refractivity contribution in [2.75, 3.05) is 0 Å². The number of carbonyl (C=O) groups is 3. The van der Waals surface area contributed by atoms with Gasteiger partial charge in [0.1, 0.15) is 0 Å². The molecule has 0 atom stereocenters. The molecule has 192 valence electrons. The third-order valence-electron chi connectivity index (χ3n) is 5.64. The minimum atomic E-state index is -1.09. The average molecular weight is 559 g/mol. The predicted octanol–water partition coefficient (Wildman–Crippen LogP) is 2.55. The second-order valence-corrected chi connectivity index (χ2v) is 9.18. The van der Waals surface area contributed by atoms with Crippen molar-refractivity contribution >= 4 is 37.7 Å². The first kappa shape index (κ1) is 33.7. The summed E-state index contributed by atoms with van der Waals surface area (Å²) in [5, 5.41) is 31.9. The Morgan fingerprint density at radius 3 is 0.649 bits per heavy atom. The quantitative estimate of drug-likeness (QED) is 0.455. The van der Waals surface area contributed by atoms with Gasteiger partial charge in [0.2, 0.25) is 0 Å². The van der Waals surface area contributed by atoms with E-state index < -0.39 is 17.9 Å². The molecular weight excluding hydrogens is 526 g/mol. The summed E-state index contributed by atoms with van der Waals surface area (Å²) in [5.74, 6) is -3.28. The number of aromatic carboxylic acids is 3. The van der Waals surface area contributed by atoms with Gasteiger partial charge in [0, 0.05) is 16.7 Å². The van der Waals surface area contributed by atoms with Crippen LogP contribution in [0.15, 0.2) is 36.4 Å². The Kier molecular flexibility index (Phi) is 13.2. The SMILES string of the molecule is Cc1cc(C)c(C(=O)[O-])c(C)c1.Cc1cc(C)c(C(=O)[O-])c(C)c1.Cc1cc(C)c(C(=O)[O-])c(C)c1.[Ga+3]. The summed E-state index contributed by atoms with van der Waals surface area (Å²) >= 11 is 0. The fourth-order valence-corrected chi connectivity index (χ4v) is 4.51. The predicted molar refractivity (Wildman–Crippen MR) is 141 cm³/mol. The number of benzene rings is 3. The summed E-state index contributed by atoms with van der Waals surface area (Å²) in [4.78, 5) is 31.9. The fourth-order valence-electron chi connectivity index (χ4n) is 4.51. The number of aryl methyl sites for hydroxylation is 9. The van der Waals surface area contributed by atoms with Crippen LogP contribution in [0.25, 0.3) is 0 Å². The van der Waals surface area contributed by atoms with Crippen LogP contribution in [-0.4, -0.2) is 37.7 Å². The van der Waals surface area contributed by atoms with Crippen molar-refractivity contribution in [1.29, 1.82) is 0 Å². The van der Waals surface area contributed by atoms with E-state index in [0.29, 0.717) is 16.7 Å². The second-order valence-electron chi connectivity index (χ2n) is 9.18. The molecule has 0 aliphatic rings. The normalized spacial score (nSPS) is 9.65. The molecule has 0 saturated heterocycles. The maximum absolute atomic E-state index is 10.6. The van der Waals surface area contributed by atoms with Crippen LogP contribution in [0, 0.1) is 62.3 Å². The van der Waals surface area contributed by atoms with Gasteiger partial charge in [0.25, 0.3) is 0 Å². The maximum Gasteiger partial charge on any atom is 3.00 e. The van der Waals surface area contributed by atoms with E-state index in [2.05, 4.69) is 0 Å². The maximum atomic E-state index is 10.6. The number of hydrogen-bond acceptors (Lipinski definition) is 6. The number of hydrogen-bond donors (Lipinski definition) is 0. The fraction of sp³-hybridized carbons (Fsp3) is 0.300. The van der Waals surface area contributed by atoms with Gasteiger partial charge in [-0.2, -0.15) is 0 Å². The smallest absolute Gasteiger partial charge is 0.545 e. The Morgan fingerprint density at radius 2 is 0.541 bits per heavy atom. The molecule has 0 N–H and O–H groups in total. The van der Waals surface area contributed by atoms with Crippen LogP contribution in [0.4, 0.5) is 0 Å². The molecule has 0 bridgehead atoms. The summed E-state index contributed by atoms with van der Waals surface area (Å²) in [6.45, 7) is 16.5. The van der Waals surface area contributed by atoms with E-state index >= 15 is 0 Å². The van der Waals surface area contributed by atoms with E-state index in [9.17, 15) is 29.7 Å². The van der Waals surface area contributed by atoms with Crippen molar-refractivity contribution in [2.45, 2.75) is 62.3 Å². The molecule has 7 heteroatoms. The topological polar surface area (TPSA) is 120 Å². The molecule has 0 aliphatic heterocycles. The van der Waals surface area contributed by atoms with Gasteiger partial charge >= 0.3 is 19.8 Å². The van der Waals surface area contributed by atoms with Gasteiger partial charge < -0.3 is 29.7 Å². The Hall–Kier alpha value is -3.29. The van der Waals surface area contributed by atoms with Crippen LogP contribution < -0.4 is 15.3 Å². The average Bonchev–Trinajstić information content (AvgIpc) is 2.65. The number of carbonyl (C=O) groups excluding carboxylic acids is 3. The third kappa shape index (κ3) is 9.59. The molecule has 37 heavy (non-hydrogen) atoms. The molecule has 0 saturated carbocycles. The van der Waals surface area contributed by atoms with Gasteiger partial charge in [0.15, 0.2) is 0 Å². The van der Waals surface area contributed by atoms with E-state index in [-0.39, 0.29) is 19.8 Å². The van der Waals surface area contributed by atoms with Crippen LogP contribution in [0.2, 0.25) is 0 Å². The molecule has 0 aromatic heterocycles. The van der Waals surface area contributed by atoms with Gasteiger partial charge in [-0.1, -0.05) is 53.1 Å². The number of rotatable bonds is 3. The van der Waals surface area contributed by atoms with Crippen molar-refractivity contribution in [3.8, 4) is 0 Å². The van der Waals surface area contributed by atoms with Crippen molar-refractivity contribution in [3.63, 3.8) is 0 Å². The van der Waals surface area contributed by atoms with E-state index in [1.807, 2.05) is 57.2 Å². The van der Waals surface area contributed by atoms with Gasteiger partial charge in [0.05, 0.1) is 17.9 Å². The van der Waals surface area contributed by atoms with Crippen molar-refractivity contribution in [2.24, 2.45) is 0 Å². The zero-order chi connectivity index (χ0) is 27.9. The Labute approximate surface area is 232 Å². The molecule has 0 aliphatic carbocycles. The van der Waals surface area contributed by atoms with E-state index in [0.717, 1.165) is 50.1 Å². The number of carboxylic acid groups (broad SMARTS) is 3. The molecule has 6 nitrogen and oxygen atoms in total. The molecule has 0 radical (unpaired) electrons. The molecule has 0 spiro atoms. The zero-order valence-electron chi connectivity index (χ0n) is 23.0. The standard InChI is InChI=1S/3C10H12O2.Ga/c3*1-6-4-7(2)9(10(11)12)8(3)5-6;/h3*4-5H,1-3H3,(H,11,12);/q;;;+3/p-3. The second kappa shape index (κ2) is 14.4. The van der Waals surface area contributed by atoms with Crippen LogP contribution in [-0.2, 0) is 0 Å². The van der Waals surface area contributed by atoms with Gasteiger partial charge in [-0.15, -0.1) is 0 Å². The summed E-state index contributed by atoms with van der Waals surface area (Å²) in [5.41, 5.74) is 8.82. The molecule has 3 aromatic carbocycles. The monoisotopic (exact) mass is 558 g/mol. The molecule has 0 amide bonds. The van der Waals surface area contributed by atoms with Crippen molar-refractivity contribution in [1.82, 2.24) is 0 Å². The Morgan fingerprint density at radius 1 is 0.405 bits per heavy atom. The van der Waals surface area contributed by atoms with Crippen molar-refractivity contribution in [3.05, 3.63) is 103 Å². The summed E-state index contributed by atoms with van der Waals surface area (Å²) in [7, 11) is 0. The van der Waals surface area contributed by atoms with Crippen LogP contribution in [0.5, 0.6) is 0 Å². The first-order valence-corrected chi connectivity index (χ1v) is 11.4. The van der Waals surface area contributed by atoms with E-state index in [1.165, 1.54) is 0 Å². The summed E-state index contributed by atoms with van der Waals surface area (Å²) in [6, 6.07) is 11.1. The first-order chi connectivity index (χ1) is 16.6. The van der Waals surface area contributed by atoms with Crippen LogP contribution in [0.1, 0.15) is 81.1 Å². The molecule has 0 unspecified atom stereocenters. The van der Waals surface area contributed by atoms with Crippen LogP contribution >= 0.6 is 0 Å². The van der Waals surface area contributed by atoms with Crippen LogP contribution in [0.3, 0.4) is 0 Å². The third-order valence-corrected chi connectivity index (χ3v) is 5.64. The van der Waals surface area contributed by atoms with E-state index in [4.69, 9.17) is 0 Å². The molecule has 3 rings (SSSR count). The van der Waals surface area contributed by atoms with Gasteiger partial charge in [-0.05, 0) is 95.7 Å². The molecule has 3 aromatic rings. The summed E-state index contributed by atoms with van der Waals surface area (Å²) in [6.07, 6.45) is 0. The van der Waals surface area contributed by atoms with Gasteiger partial charge in [-0.25, -0.2) is 0 Å². The molecular formula is C30H33GaO6. The Bertz CT molecular complexity index is 1080.